The normalized spacial score (nSPS) is 8.46. The number of carboxylic acids is 1. The molecule has 78 valence electrons. The van der Waals surface area contributed by atoms with E-state index in [1.165, 1.54) is 0 Å². The molecule has 0 aliphatic heterocycles. The van der Waals surface area contributed by atoms with Gasteiger partial charge in [-0.1, -0.05) is 19.9 Å². The van der Waals surface area contributed by atoms with Crippen molar-refractivity contribution in [3.63, 3.8) is 0 Å². The smallest absolute Gasteiger partial charge is 0.327 e. The third kappa shape index (κ3) is 24.7. The van der Waals surface area contributed by atoms with E-state index in [9.17, 15) is 4.79 Å². The Labute approximate surface area is 78.8 Å². The lowest BCUT2D eigenvalue weighted by Crippen LogP contribution is -1.99. The van der Waals surface area contributed by atoms with Crippen LogP contribution in [-0.2, 0) is 9.53 Å². The maximum absolute atomic E-state index is 9.25. The molecule has 0 saturated carbocycles. The number of unbranched alkanes of at least 4 members (excludes halogenated alkanes) is 1. The van der Waals surface area contributed by atoms with Gasteiger partial charge >= 0.3 is 5.97 Å². The van der Waals surface area contributed by atoms with E-state index in [2.05, 4.69) is 13.5 Å². The number of aliphatic hydroxyl groups is 1. The van der Waals surface area contributed by atoms with Crippen LogP contribution >= 0.6 is 0 Å². The fourth-order valence-electron chi connectivity index (χ4n) is 0.413. The molecule has 4 nitrogen and oxygen atoms in total. The van der Waals surface area contributed by atoms with Gasteiger partial charge in [0.25, 0.3) is 0 Å². The van der Waals surface area contributed by atoms with Gasteiger partial charge in [0, 0.05) is 12.7 Å². The highest BCUT2D eigenvalue weighted by Gasteiger charge is 1.82. The number of hydrogen-bond acceptors (Lipinski definition) is 3. The minimum atomic E-state index is -0.981. The van der Waals surface area contributed by atoms with Crippen molar-refractivity contribution in [2.45, 2.75) is 19.8 Å². The largest absolute Gasteiger partial charge is 0.478 e. The lowest BCUT2D eigenvalue weighted by molar-refractivity contribution is -0.131. The Morgan fingerprint density at radius 1 is 1.54 bits per heavy atom. The molecule has 0 aromatic heterocycles. The van der Waals surface area contributed by atoms with Crippen molar-refractivity contribution in [2.75, 3.05) is 19.8 Å². The van der Waals surface area contributed by atoms with E-state index in [1.807, 2.05) is 0 Å². The van der Waals surface area contributed by atoms with Gasteiger partial charge in [-0.05, 0) is 6.42 Å². The van der Waals surface area contributed by atoms with Crippen LogP contribution in [0.5, 0.6) is 0 Å². The third-order valence-corrected chi connectivity index (χ3v) is 1.05. The molecular weight excluding hydrogens is 172 g/mol. The lowest BCUT2D eigenvalue weighted by Gasteiger charge is -1.97. The van der Waals surface area contributed by atoms with Gasteiger partial charge in [-0.2, -0.15) is 0 Å². The molecule has 0 fully saturated rings. The average molecular weight is 190 g/mol. The summed E-state index contributed by atoms with van der Waals surface area (Å²) in [6.07, 6.45) is 3.09. The van der Waals surface area contributed by atoms with Crippen LogP contribution in [0.25, 0.3) is 0 Å². The minimum absolute atomic E-state index is 0.143. The van der Waals surface area contributed by atoms with Crippen LogP contribution in [0.3, 0.4) is 0 Å². The molecule has 0 rings (SSSR count). The van der Waals surface area contributed by atoms with Crippen molar-refractivity contribution >= 4 is 5.97 Å². The van der Waals surface area contributed by atoms with Gasteiger partial charge in [0.05, 0.1) is 13.2 Å². The molecule has 0 aliphatic carbocycles. The van der Waals surface area contributed by atoms with E-state index in [0.717, 1.165) is 25.5 Å². The van der Waals surface area contributed by atoms with Crippen LogP contribution < -0.4 is 0 Å². The predicted molar refractivity (Wildman–Crippen MR) is 50.6 cm³/mol. The van der Waals surface area contributed by atoms with Crippen molar-refractivity contribution in [1.29, 1.82) is 0 Å². The molecular formula is C9H18O4. The number of rotatable bonds is 6. The topological polar surface area (TPSA) is 66.8 Å². The minimum Gasteiger partial charge on any atom is -0.478 e. The van der Waals surface area contributed by atoms with Gasteiger partial charge in [0.15, 0.2) is 0 Å². The summed E-state index contributed by atoms with van der Waals surface area (Å²) in [5.74, 6) is -0.981. The first-order valence-corrected chi connectivity index (χ1v) is 4.23. The second kappa shape index (κ2) is 13.7. The zero-order valence-electron chi connectivity index (χ0n) is 8.03. The maximum atomic E-state index is 9.25. The molecule has 0 radical (unpaired) electrons. The van der Waals surface area contributed by atoms with E-state index in [4.69, 9.17) is 14.9 Å². The lowest BCUT2D eigenvalue weighted by atomic mass is 10.4. The zero-order valence-corrected chi connectivity index (χ0v) is 8.03. The molecule has 13 heavy (non-hydrogen) atoms. The first kappa shape index (κ1) is 14.6. The Hall–Kier alpha value is -0.870. The third-order valence-electron chi connectivity index (χ3n) is 1.05. The van der Waals surface area contributed by atoms with Crippen molar-refractivity contribution in [3.05, 3.63) is 12.7 Å². The Morgan fingerprint density at radius 2 is 2.08 bits per heavy atom. The summed E-state index contributed by atoms with van der Waals surface area (Å²) < 4.78 is 4.97. The monoisotopic (exact) mass is 190 g/mol. The van der Waals surface area contributed by atoms with E-state index in [0.29, 0.717) is 6.61 Å². The molecule has 0 saturated heterocycles. The van der Waals surface area contributed by atoms with Crippen LogP contribution in [0.4, 0.5) is 0 Å². The number of aliphatic carboxylic acids is 1. The first-order valence-electron chi connectivity index (χ1n) is 4.23. The van der Waals surface area contributed by atoms with Crippen LogP contribution in [0.15, 0.2) is 12.7 Å². The van der Waals surface area contributed by atoms with E-state index >= 15 is 0 Å². The fourth-order valence-corrected chi connectivity index (χ4v) is 0.413. The Balaban J connectivity index is 0. The Bertz CT molecular complexity index is 117. The molecule has 0 aromatic carbocycles. The molecule has 0 bridgehead atoms. The second-order valence-corrected chi connectivity index (χ2v) is 2.23. The van der Waals surface area contributed by atoms with E-state index < -0.39 is 5.97 Å². The van der Waals surface area contributed by atoms with Crippen LogP contribution in [0, 0.1) is 0 Å². The fraction of sp³-hybridized carbons (Fsp3) is 0.667. The number of aliphatic hydroxyl groups excluding tert-OH is 1. The first-order chi connectivity index (χ1) is 6.18. The second-order valence-electron chi connectivity index (χ2n) is 2.23. The number of carboxylic acid groups (broad SMARTS) is 1. The van der Waals surface area contributed by atoms with E-state index in [1.54, 1.807) is 0 Å². The summed E-state index contributed by atoms with van der Waals surface area (Å²) in [7, 11) is 0. The highest BCUT2D eigenvalue weighted by atomic mass is 16.5. The molecule has 4 heteroatoms. The average Bonchev–Trinajstić information content (AvgIpc) is 2.14. The Kier molecular flexibility index (Phi) is 15.4. The van der Waals surface area contributed by atoms with Crippen LogP contribution in [-0.4, -0.2) is 36.0 Å². The quantitative estimate of drug-likeness (QED) is 0.485. The molecule has 0 spiro atoms. The van der Waals surface area contributed by atoms with Crippen molar-refractivity contribution < 1.29 is 19.7 Å². The van der Waals surface area contributed by atoms with Crippen molar-refractivity contribution in [2.24, 2.45) is 0 Å². The summed E-state index contributed by atoms with van der Waals surface area (Å²) in [5, 5.41) is 15.8. The highest BCUT2D eigenvalue weighted by molar-refractivity contribution is 5.78. The predicted octanol–water partition coefficient (Wildman–Crippen LogP) is 1.05. The van der Waals surface area contributed by atoms with Crippen LogP contribution in [0.1, 0.15) is 19.8 Å². The van der Waals surface area contributed by atoms with Gasteiger partial charge in [-0.15, -0.1) is 0 Å². The number of ether oxygens (including phenoxy) is 1. The molecule has 0 amide bonds. The van der Waals surface area contributed by atoms with Gasteiger partial charge < -0.3 is 14.9 Å². The van der Waals surface area contributed by atoms with Crippen molar-refractivity contribution in [3.8, 4) is 0 Å². The Morgan fingerprint density at radius 3 is 2.38 bits per heavy atom. The molecule has 2 N–H and O–H groups in total. The number of carbonyl (C=O) groups is 1. The van der Waals surface area contributed by atoms with Gasteiger partial charge in [0.2, 0.25) is 0 Å². The molecule has 0 atom stereocenters. The zero-order chi connectivity index (χ0) is 10.5. The summed E-state index contributed by atoms with van der Waals surface area (Å²) in [6.45, 7) is 6.49. The number of hydrogen-bond donors (Lipinski definition) is 2. The summed E-state index contributed by atoms with van der Waals surface area (Å²) in [5.41, 5.74) is 0. The van der Waals surface area contributed by atoms with Gasteiger partial charge in [0.1, 0.15) is 0 Å². The van der Waals surface area contributed by atoms with Crippen LogP contribution in [0.2, 0.25) is 0 Å². The molecule has 0 aliphatic rings. The summed E-state index contributed by atoms with van der Waals surface area (Å²) in [4.78, 5) is 9.25. The van der Waals surface area contributed by atoms with Gasteiger partial charge in [-0.3, -0.25) is 0 Å². The summed E-state index contributed by atoms with van der Waals surface area (Å²) in [6, 6.07) is 0. The van der Waals surface area contributed by atoms with Crippen molar-refractivity contribution in [1.82, 2.24) is 0 Å². The standard InChI is InChI=1S/C6H14O2.C3H4O2/c1-2-3-5-8-6-4-7;1-2-3(4)5/h7H,2-6H2,1H3;2H,1H2,(H,4,5). The molecule has 0 heterocycles. The highest BCUT2D eigenvalue weighted by Crippen LogP contribution is 1.85. The summed E-state index contributed by atoms with van der Waals surface area (Å²) >= 11 is 0. The SMILES string of the molecule is C=CC(=O)O.CCCCOCCO. The van der Waals surface area contributed by atoms with Gasteiger partial charge in [-0.25, -0.2) is 4.79 Å². The molecule has 0 unspecified atom stereocenters. The molecule has 0 aromatic rings. The van der Waals surface area contributed by atoms with E-state index in [-0.39, 0.29) is 6.61 Å². The maximum Gasteiger partial charge on any atom is 0.327 e.